The maximum absolute atomic E-state index is 12.8. The molecule has 1 heterocycles. The molecule has 0 amide bonds. The zero-order valence-electron chi connectivity index (χ0n) is 9.89. The lowest BCUT2D eigenvalue weighted by molar-refractivity contribution is -0.138. The topological polar surface area (TPSA) is 12.9 Å². The lowest BCUT2D eigenvalue weighted by Gasteiger charge is -2.16. The molecule has 1 nitrogen and oxygen atoms in total. The summed E-state index contributed by atoms with van der Waals surface area (Å²) in [6.07, 6.45) is -2.78. The van der Waals surface area contributed by atoms with Crippen molar-refractivity contribution < 1.29 is 13.2 Å². The van der Waals surface area contributed by atoms with Crippen molar-refractivity contribution in [3.63, 3.8) is 0 Å². The zero-order chi connectivity index (χ0) is 12.5. The Morgan fingerprint density at radius 1 is 1.06 bits per heavy atom. The predicted molar refractivity (Wildman–Crippen MR) is 57.4 cm³/mol. The van der Waals surface area contributed by atoms with Crippen molar-refractivity contribution in [2.24, 2.45) is 0 Å². The second-order valence-corrected chi connectivity index (χ2v) is 4.51. The molecule has 0 bridgehead atoms. The van der Waals surface area contributed by atoms with Crippen LogP contribution in [0.2, 0.25) is 0 Å². The highest BCUT2D eigenvalue weighted by atomic mass is 19.4. The fourth-order valence-electron chi connectivity index (χ4n) is 1.49. The summed E-state index contributed by atoms with van der Waals surface area (Å²) < 4.78 is 38.4. The van der Waals surface area contributed by atoms with Gasteiger partial charge in [0.05, 0.1) is 11.3 Å². The van der Waals surface area contributed by atoms with Crippen LogP contribution in [0.4, 0.5) is 13.2 Å². The third kappa shape index (κ3) is 2.74. The minimum Gasteiger partial charge on any atom is -0.260 e. The van der Waals surface area contributed by atoms with Gasteiger partial charge >= 0.3 is 6.18 Å². The molecule has 0 aliphatic carbocycles. The maximum atomic E-state index is 12.8. The van der Waals surface area contributed by atoms with Gasteiger partial charge in [0.2, 0.25) is 0 Å². The molecule has 1 aromatic rings. The number of aromatic nitrogens is 1. The molecule has 0 atom stereocenters. The Bertz CT molecular complexity index is 367. The van der Waals surface area contributed by atoms with Crippen molar-refractivity contribution in [2.45, 2.75) is 45.7 Å². The van der Waals surface area contributed by atoms with E-state index in [0.717, 1.165) is 0 Å². The molecule has 1 aromatic heterocycles. The zero-order valence-corrected chi connectivity index (χ0v) is 9.89. The van der Waals surface area contributed by atoms with Gasteiger partial charge in [-0.25, -0.2) is 0 Å². The van der Waals surface area contributed by atoms with E-state index in [1.165, 1.54) is 12.3 Å². The van der Waals surface area contributed by atoms with Gasteiger partial charge in [-0.1, -0.05) is 27.7 Å². The second-order valence-electron chi connectivity index (χ2n) is 4.51. The largest absolute Gasteiger partial charge is 0.418 e. The summed E-state index contributed by atoms with van der Waals surface area (Å²) in [5.41, 5.74) is 0.141. The van der Waals surface area contributed by atoms with Crippen LogP contribution in [0.3, 0.4) is 0 Å². The average Bonchev–Trinajstić information content (AvgIpc) is 2.15. The van der Waals surface area contributed by atoms with Crippen LogP contribution in [0, 0.1) is 0 Å². The molecule has 0 unspecified atom stereocenters. The predicted octanol–water partition coefficient (Wildman–Crippen LogP) is 4.35. The normalized spacial score (nSPS) is 12.6. The molecule has 0 saturated carbocycles. The quantitative estimate of drug-likeness (QED) is 0.737. The molecule has 0 aliphatic rings. The monoisotopic (exact) mass is 231 g/mol. The number of halogens is 3. The summed E-state index contributed by atoms with van der Waals surface area (Å²) in [4.78, 5) is 3.95. The van der Waals surface area contributed by atoms with Crippen LogP contribution < -0.4 is 0 Å². The van der Waals surface area contributed by atoms with E-state index in [0.29, 0.717) is 5.56 Å². The number of hydrogen-bond acceptors (Lipinski definition) is 1. The minimum absolute atomic E-state index is 0.0508. The summed E-state index contributed by atoms with van der Waals surface area (Å²) >= 11 is 0. The lowest BCUT2D eigenvalue weighted by Crippen LogP contribution is -2.13. The van der Waals surface area contributed by atoms with Crippen LogP contribution >= 0.6 is 0 Å². The van der Waals surface area contributed by atoms with Crippen LogP contribution in [0.15, 0.2) is 12.3 Å². The fourth-order valence-corrected chi connectivity index (χ4v) is 1.49. The first-order valence-electron chi connectivity index (χ1n) is 5.30. The first-order valence-corrected chi connectivity index (χ1v) is 5.30. The lowest BCUT2D eigenvalue weighted by atomic mass is 9.98. The highest BCUT2D eigenvalue weighted by Crippen LogP contribution is 2.35. The average molecular weight is 231 g/mol. The maximum Gasteiger partial charge on any atom is 0.418 e. The highest BCUT2D eigenvalue weighted by molar-refractivity contribution is 5.31. The Kier molecular flexibility index (Phi) is 3.61. The molecule has 4 heteroatoms. The molecule has 0 aliphatic heterocycles. The first kappa shape index (κ1) is 13.0. The number of nitrogens with zero attached hydrogens (tertiary/aromatic N) is 1. The Labute approximate surface area is 93.7 Å². The van der Waals surface area contributed by atoms with Crippen molar-refractivity contribution in [1.82, 2.24) is 4.98 Å². The summed E-state index contributed by atoms with van der Waals surface area (Å²) in [6, 6.07) is 1.22. The molecule has 1 rings (SSSR count). The van der Waals surface area contributed by atoms with Gasteiger partial charge in [0.25, 0.3) is 0 Å². The third-order valence-electron chi connectivity index (χ3n) is 2.46. The van der Waals surface area contributed by atoms with Gasteiger partial charge in [-0.2, -0.15) is 13.2 Å². The molecule has 0 saturated heterocycles. The van der Waals surface area contributed by atoms with Crippen molar-refractivity contribution in [1.29, 1.82) is 0 Å². The van der Waals surface area contributed by atoms with Crippen LogP contribution in [-0.2, 0) is 6.18 Å². The fraction of sp³-hybridized carbons (Fsp3) is 0.583. The smallest absolute Gasteiger partial charge is 0.260 e. The molecule has 16 heavy (non-hydrogen) atoms. The molecule has 0 fully saturated rings. The molecule has 0 aromatic carbocycles. The van der Waals surface area contributed by atoms with Crippen molar-refractivity contribution in [3.05, 3.63) is 29.1 Å². The van der Waals surface area contributed by atoms with Gasteiger partial charge in [-0.3, -0.25) is 4.98 Å². The van der Waals surface area contributed by atoms with E-state index in [1.54, 1.807) is 13.8 Å². The Hall–Kier alpha value is -1.06. The Morgan fingerprint density at radius 3 is 2.00 bits per heavy atom. The number of alkyl halides is 3. The molecular formula is C12H16F3N. The van der Waals surface area contributed by atoms with Crippen LogP contribution in [0.25, 0.3) is 0 Å². The number of pyridine rings is 1. The summed E-state index contributed by atoms with van der Waals surface area (Å²) in [5.74, 6) is -0.173. The highest BCUT2D eigenvalue weighted by Gasteiger charge is 2.35. The number of rotatable bonds is 2. The van der Waals surface area contributed by atoms with E-state index in [1.807, 2.05) is 13.8 Å². The first-order chi connectivity index (χ1) is 7.23. The Morgan fingerprint density at radius 2 is 1.62 bits per heavy atom. The summed E-state index contributed by atoms with van der Waals surface area (Å²) in [7, 11) is 0. The standard InChI is InChI=1S/C12H16F3N/c1-7(2)9-5-10(12(13,14)15)11(8(3)4)16-6-9/h5-8H,1-4H3. The number of hydrogen-bond donors (Lipinski definition) is 0. The molecule has 0 radical (unpaired) electrons. The van der Waals surface area contributed by atoms with E-state index in [2.05, 4.69) is 4.98 Å². The van der Waals surface area contributed by atoms with Gasteiger partial charge in [0.15, 0.2) is 0 Å². The molecule has 90 valence electrons. The summed E-state index contributed by atoms with van der Waals surface area (Å²) in [5, 5.41) is 0. The van der Waals surface area contributed by atoms with Gasteiger partial charge < -0.3 is 0 Å². The van der Waals surface area contributed by atoms with Crippen LogP contribution in [0.5, 0.6) is 0 Å². The van der Waals surface area contributed by atoms with E-state index in [9.17, 15) is 13.2 Å². The third-order valence-corrected chi connectivity index (χ3v) is 2.46. The van der Waals surface area contributed by atoms with Gasteiger partial charge in [-0.15, -0.1) is 0 Å². The van der Waals surface area contributed by atoms with Gasteiger partial charge in [0, 0.05) is 6.20 Å². The summed E-state index contributed by atoms with van der Waals surface area (Å²) in [6.45, 7) is 7.14. The second kappa shape index (κ2) is 4.44. The van der Waals surface area contributed by atoms with E-state index in [4.69, 9.17) is 0 Å². The molecular weight excluding hydrogens is 215 g/mol. The van der Waals surface area contributed by atoms with Gasteiger partial charge in [-0.05, 0) is 23.5 Å². The van der Waals surface area contributed by atoms with Gasteiger partial charge in [0.1, 0.15) is 0 Å². The van der Waals surface area contributed by atoms with Crippen molar-refractivity contribution >= 4 is 0 Å². The van der Waals surface area contributed by atoms with E-state index in [-0.39, 0.29) is 17.5 Å². The minimum atomic E-state index is -4.32. The SMILES string of the molecule is CC(C)c1cnc(C(C)C)c(C(F)(F)F)c1. The molecule has 0 spiro atoms. The Balaban J connectivity index is 3.33. The van der Waals surface area contributed by atoms with Crippen LogP contribution in [0.1, 0.15) is 56.4 Å². The van der Waals surface area contributed by atoms with E-state index >= 15 is 0 Å². The molecule has 0 N–H and O–H groups in total. The van der Waals surface area contributed by atoms with Crippen molar-refractivity contribution in [2.75, 3.05) is 0 Å². The van der Waals surface area contributed by atoms with Crippen molar-refractivity contribution in [3.8, 4) is 0 Å². The van der Waals surface area contributed by atoms with E-state index < -0.39 is 11.7 Å². The van der Waals surface area contributed by atoms with Crippen LogP contribution in [-0.4, -0.2) is 4.98 Å².